The summed E-state index contributed by atoms with van der Waals surface area (Å²) in [5.41, 5.74) is 0.216. The molecule has 0 radical (unpaired) electrons. The smallest absolute Gasteiger partial charge is 0.367 e. The predicted octanol–water partition coefficient (Wildman–Crippen LogP) is 4.56. The summed E-state index contributed by atoms with van der Waals surface area (Å²) in [5.74, 6) is -3.92. The third-order valence-electron chi connectivity index (χ3n) is 7.29. The molecular weight excluding hydrogens is 557 g/mol. The Morgan fingerprint density at radius 1 is 1.12 bits per heavy atom. The molecule has 1 unspecified atom stereocenters. The molecule has 2 heterocycles. The van der Waals surface area contributed by atoms with Gasteiger partial charge in [0, 0.05) is 55.9 Å². The van der Waals surface area contributed by atoms with E-state index in [1.54, 1.807) is 11.0 Å². The van der Waals surface area contributed by atoms with Crippen LogP contribution in [0.5, 0.6) is 0 Å². The van der Waals surface area contributed by atoms with Crippen LogP contribution in [0, 0.1) is 17.6 Å². The Morgan fingerprint density at radius 2 is 1.90 bits per heavy atom. The first kappa shape index (κ1) is 30.0. The zero-order chi connectivity index (χ0) is 29.0. The number of nitrogens with zero attached hydrogens (tertiary/aromatic N) is 2. The van der Waals surface area contributed by atoms with Crippen LogP contribution in [-0.4, -0.2) is 68.2 Å². The number of benzene rings is 2. The predicted molar refractivity (Wildman–Crippen MR) is 143 cm³/mol. The first-order valence-electron chi connectivity index (χ1n) is 13.0. The van der Waals surface area contributed by atoms with Gasteiger partial charge in [-0.25, -0.2) is 8.78 Å². The molecule has 4 rings (SSSR count). The second-order valence-electron chi connectivity index (χ2n) is 10.1. The maximum Gasteiger partial charge on any atom is 0.390 e. The minimum atomic E-state index is -4.24. The van der Waals surface area contributed by atoms with Crippen molar-refractivity contribution in [1.29, 1.82) is 0 Å². The fraction of sp³-hybridized carbons (Fsp3) is 0.481. The van der Waals surface area contributed by atoms with Gasteiger partial charge in [-0.1, -0.05) is 17.7 Å². The van der Waals surface area contributed by atoms with Gasteiger partial charge in [-0.3, -0.25) is 14.5 Å². The number of amides is 2. The zero-order valence-corrected chi connectivity index (χ0v) is 22.6. The number of nitrogens with one attached hydrogen (secondary N) is 3. The van der Waals surface area contributed by atoms with Crippen LogP contribution >= 0.6 is 11.6 Å². The highest BCUT2D eigenvalue weighted by Crippen LogP contribution is 2.32. The molecule has 2 fully saturated rings. The molecule has 2 aliphatic heterocycles. The van der Waals surface area contributed by atoms with Crippen LogP contribution in [0.4, 0.5) is 33.3 Å². The number of carbonyl (C=O) groups is 2. The fourth-order valence-electron chi connectivity index (χ4n) is 4.98. The van der Waals surface area contributed by atoms with Crippen LogP contribution in [0.3, 0.4) is 0 Å². The summed E-state index contributed by atoms with van der Waals surface area (Å²) in [5, 5.41) is 8.65. The summed E-state index contributed by atoms with van der Waals surface area (Å²) in [6.07, 6.45) is -4.47. The number of anilines is 2. The summed E-state index contributed by atoms with van der Waals surface area (Å²) < 4.78 is 67.8. The normalized spacial score (nSPS) is 20.0. The van der Waals surface area contributed by atoms with Gasteiger partial charge in [0.05, 0.1) is 29.3 Å². The van der Waals surface area contributed by atoms with Crippen LogP contribution in [0.25, 0.3) is 0 Å². The lowest BCUT2D eigenvalue weighted by Gasteiger charge is -2.41. The lowest BCUT2D eigenvalue weighted by atomic mass is 10.1. The van der Waals surface area contributed by atoms with Gasteiger partial charge in [0.2, 0.25) is 5.91 Å². The van der Waals surface area contributed by atoms with Crippen molar-refractivity contribution in [3.63, 3.8) is 0 Å². The van der Waals surface area contributed by atoms with Crippen molar-refractivity contribution in [1.82, 2.24) is 15.5 Å². The molecule has 0 aromatic heterocycles. The molecule has 2 aliphatic rings. The molecular formula is C27H31ClF5N5O2. The molecule has 218 valence electrons. The van der Waals surface area contributed by atoms with Crippen LogP contribution in [-0.2, 0) is 11.3 Å². The standard InChI is InChI=1S/C27H31ClF5N5O2/c1-16-15-38(11-10-37(16)9-7-27(31,32)33)22-12-19(28)3-5-21(22)36-26(40)20-4-2-17(23(29)24(20)30)14-35-25(39)18-6-8-34-13-18/h2-5,12,16,18,34H,6-11,13-15H2,1H3,(H,35,39)(H,36,40)/t16-,18?/m1/s1. The van der Waals surface area contributed by atoms with Crippen LogP contribution in [0.1, 0.15) is 35.7 Å². The molecule has 40 heavy (non-hydrogen) atoms. The summed E-state index contributed by atoms with van der Waals surface area (Å²) >= 11 is 6.19. The maximum absolute atomic E-state index is 14.9. The van der Waals surface area contributed by atoms with Crippen molar-refractivity contribution in [3.05, 3.63) is 58.1 Å². The van der Waals surface area contributed by atoms with E-state index < -0.39 is 35.7 Å². The minimum absolute atomic E-state index is 0.0853. The molecule has 2 saturated heterocycles. The van der Waals surface area contributed by atoms with Crippen molar-refractivity contribution >= 4 is 34.8 Å². The first-order valence-corrected chi connectivity index (χ1v) is 13.4. The lowest BCUT2D eigenvalue weighted by molar-refractivity contribution is -0.139. The molecule has 2 atom stereocenters. The van der Waals surface area contributed by atoms with Gasteiger partial charge in [0.15, 0.2) is 11.6 Å². The van der Waals surface area contributed by atoms with E-state index >= 15 is 0 Å². The molecule has 0 bridgehead atoms. The molecule has 0 spiro atoms. The Labute approximate surface area is 234 Å². The maximum atomic E-state index is 14.9. The Kier molecular flexibility index (Phi) is 9.52. The van der Waals surface area contributed by atoms with Crippen LogP contribution in [0.2, 0.25) is 5.02 Å². The summed E-state index contributed by atoms with van der Waals surface area (Å²) in [6, 6.07) is 6.88. The highest BCUT2D eigenvalue weighted by atomic mass is 35.5. The quantitative estimate of drug-likeness (QED) is 0.395. The van der Waals surface area contributed by atoms with Gasteiger partial charge < -0.3 is 20.9 Å². The van der Waals surface area contributed by atoms with Crippen LogP contribution < -0.4 is 20.9 Å². The minimum Gasteiger partial charge on any atom is -0.367 e. The monoisotopic (exact) mass is 587 g/mol. The largest absolute Gasteiger partial charge is 0.390 e. The van der Waals surface area contributed by atoms with Crippen molar-refractivity contribution in [3.8, 4) is 0 Å². The Morgan fingerprint density at radius 3 is 2.58 bits per heavy atom. The number of hydrogen-bond acceptors (Lipinski definition) is 5. The zero-order valence-electron chi connectivity index (χ0n) is 21.9. The van der Waals surface area contributed by atoms with Gasteiger partial charge in [-0.15, -0.1) is 0 Å². The SMILES string of the molecule is C[C@@H]1CN(c2cc(Cl)ccc2NC(=O)c2ccc(CNC(=O)C3CCNC3)c(F)c2F)CCN1CCC(F)(F)F. The van der Waals surface area contributed by atoms with E-state index in [0.717, 1.165) is 12.6 Å². The van der Waals surface area contributed by atoms with Gasteiger partial charge in [-0.2, -0.15) is 13.2 Å². The van der Waals surface area contributed by atoms with Gasteiger partial charge in [0.1, 0.15) is 0 Å². The highest BCUT2D eigenvalue weighted by Gasteiger charge is 2.32. The molecule has 2 aromatic carbocycles. The van der Waals surface area contributed by atoms with E-state index in [1.807, 2.05) is 11.8 Å². The number of alkyl halides is 3. The molecule has 0 saturated carbocycles. The van der Waals surface area contributed by atoms with Crippen molar-refractivity contribution < 1.29 is 31.5 Å². The Balaban J connectivity index is 1.44. The lowest BCUT2D eigenvalue weighted by Crippen LogP contribution is -2.52. The van der Waals surface area contributed by atoms with Gasteiger partial charge in [-0.05, 0) is 44.2 Å². The molecule has 2 amide bonds. The summed E-state index contributed by atoms with van der Waals surface area (Å²) in [6.45, 7) is 3.87. The molecule has 2 aromatic rings. The van der Waals surface area contributed by atoms with Crippen LogP contribution in [0.15, 0.2) is 30.3 Å². The summed E-state index contributed by atoms with van der Waals surface area (Å²) in [7, 11) is 0. The van der Waals surface area contributed by atoms with E-state index in [2.05, 4.69) is 16.0 Å². The second kappa shape index (κ2) is 12.7. The second-order valence-corrected chi connectivity index (χ2v) is 10.6. The number of rotatable bonds is 8. The van der Waals surface area contributed by atoms with Crippen molar-refractivity contribution in [2.75, 3.05) is 49.5 Å². The average Bonchev–Trinajstić information content (AvgIpc) is 3.44. The third-order valence-corrected chi connectivity index (χ3v) is 7.52. The molecule has 13 heteroatoms. The first-order chi connectivity index (χ1) is 18.9. The van der Waals surface area contributed by atoms with E-state index in [1.165, 1.54) is 18.2 Å². The Hall–Kier alpha value is -2.96. The topological polar surface area (TPSA) is 76.7 Å². The van der Waals surface area contributed by atoms with E-state index in [4.69, 9.17) is 11.6 Å². The number of carbonyl (C=O) groups excluding carboxylic acids is 2. The Bertz CT molecular complexity index is 1240. The summed E-state index contributed by atoms with van der Waals surface area (Å²) in [4.78, 5) is 28.8. The highest BCUT2D eigenvalue weighted by molar-refractivity contribution is 6.31. The molecule has 0 aliphatic carbocycles. The van der Waals surface area contributed by atoms with Crippen molar-refractivity contribution in [2.24, 2.45) is 5.92 Å². The van der Waals surface area contributed by atoms with Crippen molar-refractivity contribution in [2.45, 2.75) is 38.5 Å². The number of piperazine rings is 1. The molecule has 3 N–H and O–H groups in total. The fourth-order valence-corrected chi connectivity index (χ4v) is 5.15. The van der Waals surface area contributed by atoms with Gasteiger partial charge in [0.25, 0.3) is 5.91 Å². The number of hydrogen-bond donors (Lipinski definition) is 3. The van der Waals surface area contributed by atoms with E-state index in [0.29, 0.717) is 49.0 Å². The average molecular weight is 588 g/mol. The van der Waals surface area contributed by atoms with Gasteiger partial charge >= 0.3 is 6.18 Å². The molecule has 7 nitrogen and oxygen atoms in total. The third kappa shape index (κ3) is 7.41. The van der Waals surface area contributed by atoms with E-state index in [-0.39, 0.29) is 36.5 Å². The van der Waals surface area contributed by atoms with E-state index in [9.17, 15) is 31.5 Å². The number of halogens is 6.